The topological polar surface area (TPSA) is 53.8 Å². The minimum absolute atomic E-state index is 0.0570. The van der Waals surface area contributed by atoms with E-state index in [0.717, 1.165) is 5.56 Å². The van der Waals surface area contributed by atoms with Crippen LogP contribution in [0.25, 0.3) is 0 Å². The molecule has 0 radical (unpaired) electrons. The summed E-state index contributed by atoms with van der Waals surface area (Å²) in [5.41, 5.74) is 0.790. The van der Waals surface area contributed by atoms with Crippen LogP contribution in [0.1, 0.15) is 5.56 Å². The number of nitrogens with zero attached hydrogens (tertiary/aromatic N) is 2. The molecule has 0 saturated carbocycles. The maximum atomic E-state index is 10.9. The summed E-state index contributed by atoms with van der Waals surface area (Å²) in [6.07, 6.45) is 1.54. The Morgan fingerprint density at radius 2 is 2.18 bits per heavy atom. The highest BCUT2D eigenvalue weighted by molar-refractivity contribution is 8.15. The van der Waals surface area contributed by atoms with E-state index in [9.17, 15) is 4.79 Å². The number of amidine groups is 1. The first-order chi connectivity index (χ1) is 8.15. The van der Waals surface area contributed by atoms with Crippen LogP contribution in [0.4, 0.5) is 0 Å². The SMILES string of the molecule is O=C1CSC(=NN=Cc2ccc(Cl)c(Cl)c2)N1. The maximum absolute atomic E-state index is 10.9. The molecule has 1 heterocycles. The fraction of sp³-hybridized carbons (Fsp3) is 0.100. The van der Waals surface area contributed by atoms with Crippen molar-refractivity contribution < 1.29 is 4.79 Å². The van der Waals surface area contributed by atoms with E-state index in [0.29, 0.717) is 21.0 Å². The predicted octanol–water partition coefficient (Wildman–Crippen LogP) is 2.55. The molecule has 17 heavy (non-hydrogen) atoms. The summed E-state index contributed by atoms with van der Waals surface area (Å²) >= 11 is 12.9. The molecule has 0 bridgehead atoms. The molecular formula is C10H7Cl2N3OS. The predicted molar refractivity (Wildman–Crippen MR) is 72.1 cm³/mol. The van der Waals surface area contributed by atoms with Crippen molar-refractivity contribution in [2.24, 2.45) is 10.2 Å². The summed E-state index contributed by atoms with van der Waals surface area (Å²) in [6, 6.07) is 5.15. The molecule has 7 heteroatoms. The number of carbonyl (C=O) groups is 1. The second-order valence-electron chi connectivity index (χ2n) is 3.16. The first-order valence-corrected chi connectivity index (χ1v) is 6.38. The molecule has 0 atom stereocenters. The van der Waals surface area contributed by atoms with E-state index in [1.54, 1.807) is 24.4 Å². The van der Waals surface area contributed by atoms with Crippen LogP contribution < -0.4 is 5.32 Å². The van der Waals surface area contributed by atoms with Crippen molar-refractivity contribution in [3.05, 3.63) is 33.8 Å². The van der Waals surface area contributed by atoms with Gasteiger partial charge in [0.2, 0.25) is 5.91 Å². The van der Waals surface area contributed by atoms with Gasteiger partial charge >= 0.3 is 0 Å². The third-order valence-electron chi connectivity index (χ3n) is 1.89. The summed E-state index contributed by atoms with van der Waals surface area (Å²) in [7, 11) is 0. The Morgan fingerprint density at radius 1 is 1.35 bits per heavy atom. The third-order valence-corrected chi connectivity index (χ3v) is 3.49. The Bertz CT molecular complexity index is 516. The van der Waals surface area contributed by atoms with Gasteiger partial charge in [0.15, 0.2) is 5.17 Å². The van der Waals surface area contributed by atoms with Crippen LogP contribution in [0.2, 0.25) is 10.0 Å². The summed E-state index contributed by atoms with van der Waals surface area (Å²) in [5.74, 6) is 0.333. The number of halogens is 2. The zero-order chi connectivity index (χ0) is 12.3. The van der Waals surface area contributed by atoms with E-state index in [4.69, 9.17) is 23.2 Å². The molecule has 1 N–H and O–H groups in total. The van der Waals surface area contributed by atoms with Crippen LogP contribution in [-0.2, 0) is 4.79 Å². The molecule has 1 saturated heterocycles. The van der Waals surface area contributed by atoms with Gasteiger partial charge in [0.25, 0.3) is 0 Å². The van der Waals surface area contributed by atoms with Crippen LogP contribution in [0.15, 0.2) is 28.4 Å². The van der Waals surface area contributed by atoms with Crippen molar-refractivity contribution in [2.75, 3.05) is 5.75 Å². The monoisotopic (exact) mass is 287 g/mol. The molecule has 0 spiro atoms. The Hall–Kier alpha value is -1.04. The highest BCUT2D eigenvalue weighted by atomic mass is 35.5. The van der Waals surface area contributed by atoms with E-state index in [1.165, 1.54) is 11.8 Å². The minimum Gasteiger partial charge on any atom is -0.303 e. The van der Waals surface area contributed by atoms with Gasteiger partial charge in [0, 0.05) is 0 Å². The van der Waals surface area contributed by atoms with Gasteiger partial charge in [-0.3, -0.25) is 4.79 Å². The molecule has 1 fully saturated rings. The van der Waals surface area contributed by atoms with Crippen molar-refractivity contribution in [1.82, 2.24) is 5.32 Å². The number of rotatable bonds is 2. The summed E-state index contributed by atoms with van der Waals surface area (Å²) < 4.78 is 0. The summed E-state index contributed by atoms with van der Waals surface area (Å²) in [6.45, 7) is 0. The summed E-state index contributed by atoms with van der Waals surface area (Å²) in [5, 5.41) is 11.8. The molecular weight excluding hydrogens is 281 g/mol. The molecule has 1 aromatic rings. The van der Waals surface area contributed by atoms with Crippen LogP contribution in [0.5, 0.6) is 0 Å². The molecule has 1 aliphatic heterocycles. The Balaban J connectivity index is 2.05. The van der Waals surface area contributed by atoms with Crippen molar-refractivity contribution in [1.29, 1.82) is 0 Å². The second-order valence-corrected chi connectivity index (χ2v) is 4.94. The Labute approximate surface area is 112 Å². The van der Waals surface area contributed by atoms with Gasteiger partial charge in [-0.05, 0) is 17.7 Å². The molecule has 0 aromatic heterocycles. The Kier molecular flexibility index (Phi) is 4.04. The minimum atomic E-state index is -0.0570. The standard InChI is InChI=1S/C10H7Cl2N3OS/c11-7-2-1-6(3-8(7)12)4-13-15-10-14-9(16)5-17-10/h1-4H,5H2,(H,14,15,16). The van der Waals surface area contributed by atoms with Gasteiger partial charge in [-0.25, -0.2) is 0 Å². The fourth-order valence-corrected chi connectivity index (χ4v) is 2.06. The quantitative estimate of drug-likeness (QED) is 0.671. The molecule has 4 nitrogen and oxygen atoms in total. The molecule has 1 aromatic carbocycles. The van der Waals surface area contributed by atoms with Gasteiger partial charge in [0.1, 0.15) is 0 Å². The van der Waals surface area contributed by atoms with E-state index in [-0.39, 0.29) is 5.91 Å². The average Bonchev–Trinajstić information content (AvgIpc) is 2.70. The summed E-state index contributed by atoms with van der Waals surface area (Å²) in [4.78, 5) is 10.9. The maximum Gasteiger partial charge on any atom is 0.236 e. The zero-order valence-corrected chi connectivity index (χ0v) is 10.8. The Morgan fingerprint density at radius 3 is 2.82 bits per heavy atom. The fourth-order valence-electron chi connectivity index (χ4n) is 1.12. The molecule has 0 unspecified atom stereocenters. The highest BCUT2D eigenvalue weighted by Crippen LogP contribution is 2.21. The number of benzene rings is 1. The van der Waals surface area contributed by atoms with Gasteiger partial charge < -0.3 is 5.32 Å². The normalized spacial score (nSPS) is 18.0. The van der Waals surface area contributed by atoms with E-state index >= 15 is 0 Å². The van der Waals surface area contributed by atoms with E-state index in [2.05, 4.69) is 15.5 Å². The van der Waals surface area contributed by atoms with Crippen molar-refractivity contribution in [2.45, 2.75) is 0 Å². The number of hydrogen-bond acceptors (Lipinski definition) is 4. The second kappa shape index (κ2) is 5.53. The van der Waals surface area contributed by atoms with Crippen molar-refractivity contribution >= 4 is 52.3 Å². The van der Waals surface area contributed by atoms with E-state index in [1.807, 2.05) is 0 Å². The molecule has 2 rings (SSSR count). The molecule has 0 aliphatic carbocycles. The lowest BCUT2D eigenvalue weighted by Crippen LogP contribution is -2.19. The number of amides is 1. The van der Waals surface area contributed by atoms with Crippen LogP contribution in [0.3, 0.4) is 0 Å². The van der Waals surface area contributed by atoms with Gasteiger partial charge in [0.05, 0.1) is 22.0 Å². The zero-order valence-electron chi connectivity index (χ0n) is 8.48. The molecule has 88 valence electrons. The molecule has 1 amide bonds. The first-order valence-electron chi connectivity index (χ1n) is 4.64. The van der Waals surface area contributed by atoms with Gasteiger partial charge in [-0.1, -0.05) is 41.0 Å². The van der Waals surface area contributed by atoms with Crippen LogP contribution in [-0.4, -0.2) is 23.0 Å². The van der Waals surface area contributed by atoms with E-state index < -0.39 is 0 Å². The number of carbonyl (C=O) groups excluding carboxylic acids is 1. The van der Waals surface area contributed by atoms with Gasteiger partial charge in [-0.2, -0.15) is 5.10 Å². The van der Waals surface area contributed by atoms with Gasteiger partial charge in [-0.15, -0.1) is 5.10 Å². The lowest BCUT2D eigenvalue weighted by Gasteiger charge is -1.96. The van der Waals surface area contributed by atoms with Crippen molar-refractivity contribution in [3.63, 3.8) is 0 Å². The lowest BCUT2D eigenvalue weighted by molar-refractivity contribution is -0.116. The lowest BCUT2D eigenvalue weighted by atomic mass is 10.2. The van der Waals surface area contributed by atoms with Crippen LogP contribution >= 0.6 is 35.0 Å². The third kappa shape index (κ3) is 3.46. The average molecular weight is 288 g/mol. The first kappa shape index (κ1) is 12.4. The number of nitrogens with one attached hydrogen (secondary N) is 1. The number of hydrogen-bond donors (Lipinski definition) is 1. The largest absolute Gasteiger partial charge is 0.303 e. The van der Waals surface area contributed by atoms with Crippen molar-refractivity contribution in [3.8, 4) is 0 Å². The smallest absolute Gasteiger partial charge is 0.236 e. The van der Waals surface area contributed by atoms with Crippen LogP contribution in [0, 0.1) is 0 Å². The number of thioether (sulfide) groups is 1. The highest BCUT2D eigenvalue weighted by Gasteiger charge is 2.15. The molecule has 1 aliphatic rings.